The number of benzene rings is 1. The third-order valence-corrected chi connectivity index (χ3v) is 6.08. The van der Waals surface area contributed by atoms with Crippen LogP contribution in [-0.2, 0) is 5.41 Å². The first-order valence-electron chi connectivity index (χ1n) is 10.0. The van der Waals surface area contributed by atoms with E-state index in [2.05, 4.69) is 16.3 Å². The molecule has 146 valence electrons. The molecule has 0 radical (unpaired) electrons. The van der Waals surface area contributed by atoms with E-state index in [-0.39, 0.29) is 18.7 Å². The zero-order valence-corrected chi connectivity index (χ0v) is 15.9. The van der Waals surface area contributed by atoms with Crippen LogP contribution in [0.3, 0.4) is 0 Å². The second-order valence-electron chi connectivity index (χ2n) is 7.65. The molecule has 0 bridgehead atoms. The van der Waals surface area contributed by atoms with Crippen LogP contribution in [0.15, 0.2) is 30.3 Å². The minimum atomic E-state index is -0.486. The van der Waals surface area contributed by atoms with Crippen LogP contribution in [0.2, 0.25) is 0 Å². The van der Waals surface area contributed by atoms with Crippen molar-refractivity contribution >= 4 is 6.03 Å². The number of nitriles is 1. The summed E-state index contributed by atoms with van der Waals surface area (Å²) in [5.41, 5.74) is 0.563. The van der Waals surface area contributed by atoms with E-state index in [9.17, 15) is 15.2 Å². The normalized spacial score (nSPS) is 22.8. The van der Waals surface area contributed by atoms with E-state index in [0.29, 0.717) is 32.5 Å². The van der Waals surface area contributed by atoms with Gasteiger partial charge in [0.2, 0.25) is 0 Å². The number of carbonyl (C=O) groups is 1. The van der Waals surface area contributed by atoms with Crippen molar-refractivity contribution in [1.29, 1.82) is 5.26 Å². The molecule has 0 spiro atoms. The van der Waals surface area contributed by atoms with Crippen LogP contribution in [-0.4, -0.2) is 66.3 Å². The maximum atomic E-state index is 12.5. The standard InChI is InChI=1S/C21H30N4O2/c22-17-21(18-6-2-1-3-7-18)9-13-25(14-10-21)20(27)23-11-15-24-12-5-4-8-19(24)16-26/h1-3,6-7,19,26H,4-5,8-16H2,(H,23,27)/t19-/m0/s1. The van der Waals surface area contributed by atoms with Gasteiger partial charge in [0.25, 0.3) is 0 Å². The molecular weight excluding hydrogens is 340 g/mol. The lowest BCUT2D eigenvalue weighted by Crippen LogP contribution is -2.50. The van der Waals surface area contributed by atoms with E-state index < -0.39 is 5.41 Å². The summed E-state index contributed by atoms with van der Waals surface area (Å²) in [5.74, 6) is 0. The number of urea groups is 1. The van der Waals surface area contributed by atoms with Gasteiger partial charge in [-0.3, -0.25) is 4.90 Å². The molecule has 2 saturated heterocycles. The molecule has 0 aliphatic carbocycles. The van der Waals surface area contributed by atoms with Crippen molar-refractivity contribution < 1.29 is 9.90 Å². The molecule has 6 heteroatoms. The molecular formula is C21H30N4O2. The van der Waals surface area contributed by atoms with Gasteiger partial charge in [-0.2, -0.15) is 5.26 Å². The summed E-state index contributed by atoms with van der Waals surface area (Å²) in [6.45, 7) is 3.74. The number of hydrogen-bond acceptors (Lipinski definition) is 4. The lowest BCUT2D eigenvalue weighted by Gasteiger charge is -2.38. The van der Waals surface area contributed by atoms with E-state index in [1.807, 2.05) is 35.2 Å². The Balaban J connectivity index is 1.46. The Hall–Kier alpha value is -2.10. The first kappa shape index (κ1) is 19.7. The van der Waals surface area contributed by atoms with E-state index in [4.69, 9.17) is 0 Å². The Kier molecular flexibility index (Phi) is 6.70. The topological polar surface area (TPSA) is 79.6 Å². The fourth-order valence-electron chi connectivity index (χ4n) is 4.29. The molecule has 1 atom stereocenters. The van der Waals surface area contributed by atoms with Gasteiger partial charge in [0.15, 0.2) is 0 Å². The number of carbonyl (C=O) groups excluding carboxylic acids is 1. The summed E-state index contributed by atoms with van der Waals surface area (Å²) < 4.78 is 0. The average molecular weight is 370 g/mol. The van der Waals surface area contributed by atoms with Crippen molar-refractivity contribution in [3.8, 4) is 6.07 Å². The van der Waals surface area contributed by atoms with Crippen molar-refractivity contribution in [3.05, 3.63) is 35.9 Å². The van der Waals surface area contributed by atoms with Gasteiger partial charge in [-0.1, -0.05) is 36.8 Å². The highest BCUT2D eigenvalue weighted by molar-refractivity contribution is 5.74. The van der Waals surface area contributed by atoms with Crippen LogP contribution in [0.5, 0.6) is 0 Å². The molecule has 2 heterocycles. The molecule has 6 nitrogen and oxygen atoms in total. The number of aliphatic hydroxyl groups excluding tert-OH is 1. The molecule has 0 aromatic heterocycles. The number of piperidine rings is 2. The summed E-state index contributed by atoms with van der Waals surface area (Å²) in [7, 11) is 0. The Morgan fingerprint density at radius 3 is 2.63 bits per heavy atom. The summed E-state index contributed by atoms with van der Waals surface area (Å²) in [4.78, 5) is 16.6. The van der Waals surface area contributed by atoms with Crippen molar-refractivity contribution in [1.82, 2.24) is 15.1 Å². The van der Waals surface area contributed by atoms with Crippen LogP contribution in [0.1, 0.15) is 37.7 Å². The average Bonchev–Trinajstić information content (AvgIpc) is 2.74. The van der Waals surface area contributed by atoms with Crippen molar-refractivity contribution in [2.45, 2.75) is 43.6 Å². The molecule has 2 aliphatic heterocycles. The first-order chi connectivity index (χ1) is 13.2. The van der Waals surface area contributed by atoms with E-state index >= 15 is 0 Å². The van der Waals surface area contributed by atoms with Crippen LogP contribution >= 0.6 is 0 Å². The Morgan fingerprint density at radius 1 is 1.22 bits per heavy atom. The lowest BCUT2D eigenvalue weighted by molar-refractivity contribution is 0.0907. The van der Waals surface area contributed by atoms with E-state index in [1.165, 1.54) is 6.42 Å². The summed E-state index contributed by atoms with van der Waals surface area (Å²) in [5, 5.41) is 22.2. The third kappa shape index (κ3) is 4.60. The highest BCUT2D eigenvalue weighted by atomic mass is 16.3. The maximum Gasteiger partial charge on any atom is 0.317 e. The van der Waals surface area contributed by atoms with E-state index in [0.717, 1.165) is 31.5 Å². The van der Waals surface area contributed by atoms with Gasteiger partial charge in [0, 0.05) is 32.2 Å². The van der Waals surface area contributed by atoms with Crippen molar-refractivity contribution in [3.63, 3.8) is 0 Å². The Bertz CT molecular complexity index is 650. The number of rotatable bonds is 5. The van der Waals surface area contributed by atoms with Crippen LogP contribution in [0.4, 0.5) is 4.79 Å². The number of aliphatic hydroxyl groups is 1. The van der Waals surface area contributed by atoms with Gasteiger partial charge in [-0.15, -0.1) is 0 Å². The lowest BCUT2D eigenvalue weighted by atomic mass is 9.74. The van der Waals surface area contributed by atoms with Gasteiger partial charge < -0.3 is 15.3 Å². The van der Waals surface area contributed by atoms with Crippen LogP contribution < -0.4 is 5.32 Å². The summed E-state index contributed by atoms with van der Waals surface area (Å²) >= 11 is 0. The number of nitrogens with zero attached hydrogens (tertiary/aromatic N) is 3. The smallest absolute Gasteiger partial charge is 0.317 e. The van der Waals surface area contributed by atoms with Crippen LogP contribution in [0.25, 0.3) is 0 Å². The summed E-state index contributed by atoms with van der Waals surface area (Å²) in [6, 6.07) is 12.6. The first-order valence-corrected chi connectivity index (χ1v) is 10.0. The Morgan fingerprint density at radius 2 is 1.96 bits per heavy atom. The fourth-order valence-corrected chi connectivity index (χ4v) is 4.29. The molecule has 27 heavy (non-hydrogen) atoms. The maximum absolute atomic E-state index is 12.5. The predicted molar refractivity (Wildman–Crippen MR) is 104 cm³/mol. The second kappa shape index (κ2) is 9.20. The van der Waals surface area contributed by atoms with Gasteiger partial charge in [-0.25, -0.2) is 4.79 Å². The second-order valence-corrected chi connectivity index (χ2v) is 7.65. The highest BCUT2D eigenvalue weighted by Gasteiger charge is 2.37. The fraction of sp³-hybridized carbons (Fsp3) is 0.619. The highest BCUT2D eigenvalue weighted by Crippen LogP contribution is 2.34. The molecule has 1 aromatic carbocycles. The minimum Gasteiger partial charge on any atom is -0.395 e. The van der Waals surface area contributed by atoms with Gasteiger partial charge >= 0.3 is 6.03 Å². The van der Waals surface area contributed by atoms with Crippen LogP contribution in [0, 0.1) is 11.3 Å². The third-order valence-electron chi connectivity index (χ3n) is 6.08. The number of amides is 2. The zero-order chi connectivity index (χ0) is 19.1. The largest absolute Gasteiger partial charge is 0.395 e. The molecule has 2 N–H and O–H groups in total. The molecule has 2 fully saturated rings. The van der Waals surface area contributed by atoms with Gasteiger partial charge in [0.05, 0.1) is 18.1 Å². The molecule has 0 unspecified atom stereocenters. The quantitative estimate of drug-likeness (QED) is 0.832. The van der Waals surface area contributed by atoms with E-state index in [1.54, 1.807) is 0 Å². The zero-order valence-electron chi connectivity index (χ0n) is 15.9. The number of likely N-dealkylation sites (tertiary alicyclic amines) is 2. The SMILES string of the molecule is N#CC1(c2ccccc2)CCN(C(=O)NCCN2CCCC[C@H]2CO)CC1. The monoisotopic (exact) mass is 370 g/mol. The molecule has 1 aromatic rings. The molecule has 3 rings (SSSR count). The molecule has 0 saturated carbocycles. The number of nitrogens with one attached hydrogen (secondary N) is 1. The van der Waals surface area contributed by atoms with Crippen molar-refractivity contribution in [2.75, 3.05) is 39.3 Å². The molecule has 2 aliphatic rings. The number of hydrogen-bond donors (Lipinski definition) is 2. The van der Waals surface area contributed by atoms with Crippen molar-refractivity contribution in [2.24, 2.45) is 0 Å². The predicted octanol–water partition coefficient (Wildman–Crippen LogP) is 2.10. The molecule has 2 amide bonds. The van der Waals surface area contributed by atoms with Gasteiger partial charge in [-0.05, 0) is 37.8 Å². The van der Waals surface area contributed by atoms with Gasteiger partial charge in [0.1, 0.15) is 0 Å². The summed E-state index contributed by atoms with van der Waals surface area (Å²) in [6.07, 6.45) is 4.70. The minimum absolute atomic E-state index is 0.0489. The Labute approximate surface area is 161 Å².